The Balaban J connectivity index is 2.04. The van der Waals surface area contributed by atoms with Crippen LogP contribution in [0.5, 0.6) is 0 Å². The highest BCUT2D eigenvalue weighted by Crippen LogP contribution is 2.27. The highest BCUT2D eigenvalue weighted by molar-refractivity contribution is 5.95. The summed E-state index contributed by atoms with van der Waals surface area (Å²) < 4.78 is 0. The number of piperidine rings is 1. The van der Waals surface area contributed by atoms with Crippen LogP contribution in [0, 0.1) is 5.41 Å². The number of aromatic nitrogens is 1. The molecule has 1 aliphatic rings. The topological polar surface area (TPSA) is 91.3 Å². The molecule has 1 saturated heterocycles. The highest BCUT2D eigenvalue weighted by Gasteiger charge is 2.34. The summed E-state index contributed by atoms with van der Waals surface area (Å²) in [7, 11) is 0. The SMILES string of the molecule is CC1(C(=O)Nc2ccc(C(=O)O)nc2)CCCNC1. The summed E-state index contributed by atoms with van der Waals surface area (Å²) in [5, 5.41) is 14.7. The van der Waals surface area contributed by atoms with Crippen LogP contribution in [0.4, 0.5) is 5.69 Å². The van der Waals surface area contributed by atoms with E-state index in [1.165, 1.54) is 12.3 Å². The van der Waals surface area contributed by atoms with Gasteiger partial charge in [-0.2, -0.15) is 0 Å². The Kier molecular flexibility index (Phi) is 3.80. The zero-order chi connectivity index (χ0) is 13.9. The molecule has 1 aromatic heterocycles. The molecule has 0 saturated carbocycles. The van der Waals surface area contributed by atoms with Crippen LogP contribution in [-0.4, -0.2) is 35.1 Å². The van der Waals surface area contributed by atoms with Crippen LogP contribution in [0.2, 0.25) is 0 Å². The quantitative estimate of drug-likeness (QED) is 0.759. The van der Waals surface area contributed by atoms with Gasteiger partial charge in [0, 0.05) is 6.54 Å². The number of pyridine rings is 1. The lowest BCUT2D eigenvalue weighted by Gasteiger charge is -2.32. The molecule has 0 bridgehead atoms. The molecule has 1 unspecified atom stereocenters. The number of amides is 1. The van der Waals surface area contributed by atoms with Gasteiger partial charge in [0.1, 0.15) is 5.69 Å². The minimum absolute atomic E-state index is 0.0384. The van der Waals surface area contributed by atoms with E-state index in [0.29, 0.717) is 12.2 Å². The molecule has 102 valence electrons. The van der Waals surface area contributed by atoms with Crippen LogP contribution in [0.1, 0.15) is 30.3 Å². The number of aromatic carboxylic acids is 1. The molecule has 2 rings (SSSR count). The number of nitrogens with one attached hydrogen (secondary N) is 2. The lowest BCUT2D eigenvalue weighted by atomic mass is 9.82. The van der Waals surface area contributed by atoms with Crippen LogP contribution < -0.4 is 10.6 Å². The number of rotatable bonds is 3. The Labute approximate surface area is 111 Å². The van der Waals surface area contributed by atoms with Crippen LogP contribution in [0.25, 0.3) is 0 Å². The molecule has 0 aromatic carbocycles. The number of hydrogen-bond acceptors (Lipinski definition) is 4. The third kappa shape index (κ3) is 3.08. The molecule has 19 heavy (non-hydrogen) atoms. The van der Waals surface area contributed by atoms with Crippen molar-refractivity contribution in [2.75, 3.05) is 18.4 Å². The second kappa shape index (κ2) is 5.36. The number of carboxylic acid groups (broad SMARTS) is 1. The molecule has 1 aliphatic heterocycles. The van der Waals surface area contributed by atoms with E-state index in [1.807, 2.05) is 6.92 Å². The minimum atomic E-state index is -1.08. The average Bonchev–Trinajstić information content (AvgIpc) is 2.40. The molecule has 1 fully saturated rings. The minimum Gasteiger partial charge on any atom is -0.477 e. The summed E-state index contributed by atoms with van der Waals surface area (Å²) >= 11 is 0. The van der Waals surface area contributed by atoms with Gasteiger partial charge in [-0.05, 0) is 38.4 Å². The van der Waals surface area contributed by atoms with E-state index in [9.17, 15) is 9.59 Å². The number of anilines is 1. The summed E-state index contributed by atoms with van der Waals surface area (Å²) in [4.78, 5) is 26.7. The number of carbonyl (C=O) groups excluding carboxylic acids is 1. The maximum Gasteiger partial charge on any atom is 0.354 e. The predicted octanol–water partition coefficient (Wildman–Crippen LogP) is 1.11. The largest absolute Gasteiger partial charge is 0.477 e. The smallest absolute Gasteiger partial charge is 0.354 e. The molecule has 0 aliphatic carbocycles. The fourth-order valence-corrected chi connectivity index (χ4v) is 2.13. The van der Waals surface area contributed by atoms with Crippen molar-refractivity contribution >= 4 is 17.6 Å². The van der Waals surface area contributed by atoms with Crippen molar-refractivity contribution in [3.63, 3.8) is 0 Å². The molecule has 6 heteroatoms. The van der Waals surface area contributed by atoms with Crippen LogP contribution in [0.15, 0.2) is 18.3 Å². The molecule has 3 N–H and O–H groups in total. The van der Waals surface area contributed by atoms with Gasteiger partial charge in [-0.25, -0.2) is 9.78 Å². The molecular formula is C13H17N3O3. The standard InChI is InChI=1S/C13H17N3O3/c1-13(5-2-6-14-8-13)12(19)16-9-3-4-10(11(17)18)15-7-9/h3-4,7,14H,2,5-6,8H2,1H3,(H,16,19)(H,17,18). The predicted molar refractivity (Wildman–Crippen MR) is 70.0 cm³/mol. The fourth-order valence-electron chi connectivity index (χ4n) is 2.13. The van der Waals surface area contributed by atoms with Gasteiger partial charge in [-0.1, -0.05) is 0 Å². The van der Waals surface area contributed by atoms with E-state index in [4.69, 9.17) is 5.11 Å². The Morgan fingerprint density at radius 2 is 2.26 bits per heavy atom. The van der Waals surface area contributed by atoms with Gasteiger partial charge in [-0.15, -0.1) is 0 Å². The summed E-state index contributed by atoms with van der Waals surface area (Å²) in [6, 6.07) is 2.92. The van der Waals surface area contributed by atoms with Gasteiger partial charge in [0.25, 0.3) is 0 Å². The molecule has 0 spiro atoms. The van der Waals surface area contributed by atoms with Gasteiger partial charge in [0.05, 0.1) is 17.3 Å². The maximum absolute atomic E-state index is 12.2. The Bertz CT molecular complexity index is 478. The first kappa shape index (κ1) is 13.5. The van der Waals surface area contributed by atoms with E-state index in [0.717, 1.165) is 19.4 Å². The monoisotopic (exact) mass is 263 g/mol. The molecular weight excluding hydrogens is 246 g/mol. The molecule has 1 amide bonds. The number of carboxylic acids is 1. The van der Waals surface area contributed by atoms with E-state index in [-0.39, 0.29) is 11.6 Å². The Morgan fingerprint density at radius 3 is 2.79 bits per heavy atom. The molecule has 2 heterocycles. The highest BCUT2D eigenvalue weighted by atomic mass is 16.4. The second-order valence-corrected chi connectivity index (χ2v) is 5.03. The van der Waals surface area contributed by atoms with E-state index in [2.05, 4.69) is 15.6 Å². The first-order valence-corrected chi connectivity index (χ1v) is 6.23. The van der Waals surface area contributed by atoms with Gasteiger partial charge in [0.15, 0.2) is 0 Å². The van der Waals surface area contributed by atoms with Crippen molar-refractivity contribution in [3.05, 3.63) is 24.0 Å². The van der Waals surface area contributed by atoms with Crippen molar-refractivity contribution in [1.29, 1.82) is 0 Å². The fraction of sp³-hybridized carbons (Fsp3) is 0.462. The number of hydrogen-bond donors (Lipinski definition) is 3. The molecule has 1 atom stereocenters. The van der Waals surface area contributed by atoms with E-state index in [1.54, 1.807) is 6.07 Å². The Hall–Kier alpha value is -1.95. The molecule has 6 nitrogen and oxygen atoms in total. The summed E-state index contributed by atoms with van der Waals surface area (Å²) in [6.45, 7) is 3.52. The zero-order valence-corrected chi connectivity index (χ0v) is 10.8. The molecule has 1 aromatic rings. The van der Waals surface area contributed by atoms with Gasteiger partial charge < -0.3 is 15.7 Å². The van der Waals surface area contributed by atoms with Crippen molar-refractivity contribution in [2.45, 2.75) is 19.8 Å². The third-order valence-corrected chi connectivity index (χ3v) is 3.39. The van der Waals surface area contributed by atoms with E-state index < -0.39 is 11.4 Å². The number of nitrogens with zero attached hydrogens (tertiary/aromatic N) is 1. The van der Waals surface area contributed by atoms with Crippen molar-refractivity contribution in [3.8, 4) is 0 Å². The Morgan fingerprint density at radius 1 is 1.47 bits per heavy atom. The number of carbonyl (C=O) groups is 2. The van der Waals surface area contributed by atoms with Crippen LogP contribution in [0.3, 0.4) is 0 Å². The third-order valence-electron chi connectivity index (χ3n) is 3.39. The van der Waals surface area contributed by atoms with Crippen molar-refractivity contribution < 1.29 is 14.7 Å². The van der Waals surface area contributed by atoms with Crippen LogP contribution in [-0.2, 0) is 4.79 Å². The average molecular weight is 263 g/mol. The lowest BCUT2D eigenvalue weighted by molar-refractivity contribution is -0.125. The first-order valence-electron chi connectivity index (χ1n) is 6.23. The van der Waals surface area contributed by atoms with Crippen LogP contribution >= 0.6 is 0 Å². The van der Waals surface area contributed by atoms with Crippen molar-refractivity contribution in [2.24, 2.45) is 5.41 Å². The normalized spacial score (nSPS) is 22.8. The first-order chi connectivity index (χ1) is 9.01. The summed E-state index contributed by atoms with van der Waals surface area (Å²) in [5.74, 6) is -1.15. The molecule has 0 radical (unpaired) electrons. The second-order valence-electron chi connectivity index (χ2n) is 5.03. The summed E-state index contributed by atoms with van der Waals surface area (Å²) in [5.41, 5.74) is 0.0503. The maximum atomic E-state index is 12.2. The van der Waals surface area contributed by atoms with Crippen molar-refractivity contribution in [1.82, 2.24) is 10.3 Å². The van der Waals surface area contributed by atoms with Gasteiger partial charge >= 0.3 is 5.97 Å². The lowest BCUT2D eigenvalue weighted by Crippen LogP contribution is -2.46. The zero-order valence-electron chi connectivity index (χ0n) is 10.8. The van der Waals surface area contributed by atoms with Gasteiger partial charge in [0.2, 0.25) is 5.91 Å². The van der Waals surface area contributed by atoms with E-state index >= 15 is 0 Å². The summed E-state index contributed by atoms with van der Waals surface area (Å²) in [6.07, 6.45) is 3.17. The van der Waals surface area contributed by atoms with Gasteiger partial charge in [-0.3, -0.25) is 4.79 Å².